The number of unbranched alkanes of at least 4 members (excludes halogenated alkanes) is 6. The number of esters is 1. The minimum absolute atomic E-state index is 0.286. The minimum Gasteiger partial charge on any atom is -0.466 e. The van der Waals surface area contributed by atoms with Crippen LogP contribution in [-0.4, -0.2) is 13.1 Å². The zero-order valence-electron chi connectivity index (χ0n) is 15.8. The molecule has 2 nitrogen and oxygen atoms in total. The maximum atomic E-state index is 11.5. The van der Waals surface area contributed by atoms with Gasteiger partial charge in [0.25, 0.3) is 0 Å². The van der Waals surface area contributed by atoms with E-state index < -0.39 is 0 Å². The van der Waals surface area contributed by atoms with E-state index in [1.807, 2.05) is 6.08 Å². The molecule has 0 saturated carbocycles. The van der Waals surface area contributed by atoms with E-state index in [2.05, 4.69) is 32.0 Å². The second kappa shape index (κ2) is 12.8. The topological polar surface area (TPSA) is 26.3 Å². The number of carbonyl (C=O) groups excluding carboxylic acids is 1. The molecule has 0 radical (unpaired) electrons. The van der Waals surface area contributed by atoms with Crippen molar-refractivity contribution in [2.75, 3.05) is 7.11 Å². The average Bonchev–Trinajstić information content (AvgIpc) is 2.61. The normalized spacial score (nSPS) is 11.1. The Hall–Kier alpha value is -1.57. The van der Waals surface area contributed by atoms with Crippen molar-refractivity contribution in [3.05, 3.63) is 41.0 Å². The predicted molar refractivity (Wildman–Crippen MR) is 103 cm³/mol. The van der Waals surface area contributed by atoms with Crippen molar-refractivity contribution in [2.45, 2.75) is 78.1 Å². The Kier molecular flexibility index (Phi) is 10.9. The van der Waals surface area contributed by atoms with Crippen LogP contribution in [0.5, 0.6) is 0 Å². The van der Waals surface area contributed by atoms with Crippen molar-refractivity contribution < 1.29 is 9.53 Å². The van der Waals surface area contributed by atoms with Crippen LogP contribution in [0.25, 0.3) is 6.08 Å². The molecular weight excluding hydrogens is 296 g/mol. The fourth-order valence-corrected chi connectivity index (χ4v) is 3.00. The van der Waals surface area contributed by atoms with Crippen molar-refractivity contribution in [1.29, 1.82) is 0 Å². The molecule has 0 aliphatic carbocycles. The molecule has 0 bridgehead atoms. The van der Waals surface area contributed by atoms with E-state index in [1.54, 1.807) is 6.08 Å². The molecule has 24 heavy (non-hydrogen) atoms. The maximum absolute atomic E-state index is 11.5. The van der Waals surface area contributed by atoms with E-state index in [0.717, 1.165) is 12.8 Å². The van der Waals surface area contributed by atoms with Gasteiger partial charge in [-0.25, -0.2) is 4.79 Å². The van der Waals surface area contributed by atoms with Crippen LogP contribution < -0.4 is 0 Å². The Morgan fingerprint density at radius 1 is 0.917 bits per heavy atom. The number of ether oxygens (including phenoxy) is 1. The SMILES string of the molecule is CCCCCCCCc1cccc(CCCC)c1/C=C/C(=O)OC. The summed E-state index contributed by atoms with van der Waals surface area (Å²) in [7, 11) is 1.42. The van der Waals surface area contributed by atoms with Crippen LogP contribution in [0.1, 0.15) is 81.9 Å². The molecule has 0 fully saturated rings. The lowest BCUT2D eigenvalue weighted by Gasteiger charge is -2.12. The fourth-order valence-electron chi connectivity index (χ4n) is 3.00. The van der Waals surface area contributed by atoms with Crippen LogP contribution in [0, 0.1) is 0 Å². The van der Waals surface area contributed by atoms with Gasteiger partial charge in [0.2, 0.25) is 0 Å². The first-order chi connectivity index (χ1) is 11.7. The predicted octanol–water partition coefficient (Wildman–Crippen LogP) is 6.12. The Morgan fingerprint density at radius 2 is 1.50 bits per heavy atom. The Labute approximate surface area is 148 Å². The van der Waals surface area contributed by atoms with E-state index in [9.17, 15) is 4.79 Å². The van der Waals surface area contributed by atoms with Crippen molar-refractivity contribution >= 4 is 12.0 Å². The number of benzene rings is 1. The van der Waals surface area contributed by atoms with Crippen LogP contribution in [0.15, 0.2) is 24.3 Å². The van der Waals surface area contributed by atoms with Gasteiger partial charge in [-0.1, -0.05) is 70.6 Å². The summed E-state index contributed by atoms with van der Waals surface area (Å²) in [4.78, 5) is 11.5. The Bertz CT molecular complexity index is 503. The van der Waals surface area contributed by atoms with Crippen molar-refractivity contribution in [1.82, 2.24) is 0 Å². The third-order valence-corrected chi connectivity index (χ3v) is 4.47. The molecule has 2 heteroatoms. The van der Waals surface area contributed by atoms with Gasteiger partial charge in [0, 0.05) is 6.08 Å². The van der Waals surface area contributed by atoms with Crippen LogP contribution in [0.4, 0.5) is 0 Å². The highest BCUT2D eigenvalue weighted by Gasteiger charge is 2.07. The molecule has 0 N–H and O–H groups in total. The zero-order chi connectivity index (χ0) is 17.6. The monoisotopic (exact) mass is 330 g/mol. The van der Waals surface area contributed by atoms with Crippen molar-refractivity contribution in [3.8, 4) is 0 Å². The summed E-state index contributed by atoms with van der Waals surface area (Å²) in [5, 5.41) is 0. The number of aryl methyl sites for hydroxylation is 2. The molecule has 0 aromatic heterocycles. The Morgan fingerprint density at radius 3 is 2.12 bits per heavy atom. The van der Waals surface area contributed by atoms with Crippen LogP contribution >= 0.6 is 0 Å². The highest BCUT2D eigenvalue weighted by molar-refractivity contribution is 5.87. The highest BCUT2D eigenvalue weighted by Crippen LogP contribution is 2.21. The van der Waals surface area contributed by atoms with Gasteiger partial charge in [-0.3, -0.25) is 0 Å². The van der Waals surface area contributed by atoms with Gasteiger partial charge in [0.15, 0.2) is 0 Å². The molecule has 0 spiro atoms. The summed E-state index contributed by atoms with van der Waals surface area (Å²) in [6.07, 6.45) is 15.9. The van der Waals surface area contributed by atoms with Crippen molar-refractivity contribution in [3.63, 3.8) is 0 Å². The van der Waals surface area contributed by atoms with E-state index in [-0.39, 0.29) is 5.97 Å². The lowest BCUT2D eigenvalue weighted by atomic mass is 9.93. The van der Waals surface area contributed by atoms with Gasteiger partial charge >= 0.3 is 5.97 Å². The fraction of sp³-hybridized carbons (Fsp3) is 0.591. The molecule has 0 unspecified atom stereocenters. The van der Waals surface area contributed by atoms with Gasteiger partial charge in [-0.15, -0.1) is 0 Å². The van der Waals surface area contributed by atoms with Gasteiger partial charge in [0.05, 0.1) is 7.11 Å². The van der Waals surface area contributed by atoms with Gasteiger partial charge in [-0.05, 0) is 48.4 Å². The Balaban J connectivity index is 2.76. The zero-order valence-corrected chi connectivity index (χ0v) is 15.8. The summed E-state index contributed by atoms with van der Waals surface area (Å²) < 4.78 is 4.74. The summed E-state index contributed by atoms with van der Waals surface area (Å²) in [6, 6.07) is 6.56. The lowest BCUT2D eigenvalue weighted by Crippen LogP contribution is -1.99. The molecule has 0 aliphatic heterocycles. The minimum atomic E-state index is -0.286. The summed E-state index contributed by atoms with van der Waals surface area (Å²) in [6.45, 7) is 4.46. The standard InChI is InChI=1S/C22H34O2/c1-4-6-8-9-10-11-14-20-16-12-15-19(13-7-5-2)21(20)17-18-22(23)24-3/h12,15-18H,4-11,13-14H2,1-3H3/b18-17+. The molecule has 1 aromatic carbocycles. The number of hydrogen-bond acceptors (Lipinski definition) is 2. The van der Waals surface area contributed by atoms with E-state index in [1.165, 1.54) is 75.2 Å². The molecule has 1 rings (SSSR count). The molecule has 134 valence electrons. The quantitative estimate of drug-likeness (QED) is 0.262. The van der Waals surface area contributed by atoms with Crippen molar-refractivity contribution in [2.24, 2.45) is 0 Å². The van der Waals surface area contributed by atoms with E-state index in [0.29, 0.717) is 0 Å². The van der Waals surface area contributed by atoms with E-state index >= 15 is 0 Å². The largest absolute Gasteiger partial charge is 0.466 e. The first kappa shape index (κ1) is 20.5. The van der Waals surface area contributed by atoms with Crippen LogP contribution in [0.3, 0.4) is 0 Å². The molecule has 0 atom stereocenters. The smallest absolute Gasteiger partial charge is 0.330 e. The number of carbonyl (C=O) groups is 1. The number of hydrogen-bond donors (Lipinski definition) is 0. The summed E-state index contributed by atoms with van der Waals surface area (Å²) in [5.74, 6) is -0.286. The highest BCUT2D eigenvalue weighted by atomic mass is 16.5. The van der Waals surface area contributed by atoms with Crippen LogP contribution in [-0.2, 0) is 22.4 Å². The second-order valence-corrected chi connectivity index (χ2v) is 6.47. The molecule has 1 aromatic rings. The molecule has 0 amide bonds. The molecule has 0 aliphatic rings. The molecule has 0 heterocycles. The lowest BCUT2D eigenvalue weighted by molar-refractivity contribution is -0.134. The summed E-state index contributed by atoms with van der Waals surface area (Å²) >= 11 is 0. The first-order valence-electron chi connectivity index (χ1n) is 9.59. The molecular formula is C22H34O2. The maximum Gasteiger partial charge on any atom is 0.330 e. The third-order valence-electron chi connectivity index (χ3n) is 4.47. The summed E-state index contributed by atoms with van der Waals surface area (Å²) in [5.41, 5.74) is 3.93. The first-order valence-corrected chi connectivity index (χ1v) is 9.59. The average molecular weight is 331 g/mol. The third kappa shape index (κ3) is 7.81. The van der Waals surface area contributed by atoms with E-state index in [4.69, 9.17) is 4.74 Å². The second-order valence-electron chi connectivity index (χ2n) is 6.47. The van der Waals surface area contributed by atoms with Gasteiger partial charge in [-0.2, -0.15) is 0 Å². The van der Waals surface area contributed by atoms with Crippen LogP contribution in [0.2, 0.25) is 0 Å². The van der Waals surface area contributed by atoms with Gasteiger partial charge < -0.3 is 4.74 Å². The number of methoxy groups -OCH3 is 1. The number of rotatable bonds is 12. The molecule has 0 saturated heterocycles. The van der Waals surface area contributed by atoms with Gasteiger partial charge in [0.1, 0.15) is 0 Å².